The minimum absolute atomic E-state index is 0.00765. The summed E-state index contributed by atoms with van der Waals surface area (Å²) in [7, 11) is 0. The number of hydrogen-bond donors (Lipinski definition) is 1. The molecule has 0 aliphatic carbocycles. The third kappa shape index (κ3) is 4.21. The van der Waals surface area contributed by atoms with Gasteiger partial charge in [0.2, 0.25) is 0 Å². The van der Waals surface area contributed by atoms with Crippen LogP contribution in [-0.4, -0.2) is 36.2 Å². The molecule has 2 aliphatic heterocycles. The zero-order chi connectivity index (χ0) is 24.0. The Morgan fingerprint density at radius 1 is 1.15 bits per heavy atom. The summed E-state index contributed by atoms with van der Waals surface area (Å²) in [6, 6.07) is 9.07. The molecular formula is C24H21F3N2O5. The third-order valence-corrected chi connectivity index (χ3v) is 6.24. The molecule has 5 rings (SSSR count). The molecule has 2 aliphatic rings. The van der Waals surface area contributed by atoms with Crippen molar-refractivity contribution in [3.8, 4) is 11.5 Å². The second-order valence-corrected chi connectivity index (χ2v) is 8.42. The van der Waals surface area contributed by atoms with Crippen molar-refractivity contribution in [3.05, 3.63) is 69.8 Å². The monoisotopic (exact) mass is 474 g/mol. The van der Waals surface area contributed by atoms with Crippen molar-refractivity contribution >= 4 is 16.9 Å². The first-order valence-electron chi connectivity index (χ1n) is 10.9. The minimum Gasteiger partial charge on any atom is -0.451 e. The molecule has 0 bridgehead atoms. The number of amides is 1. The molecule has 10 heteroatoms. The second kappa shape index (κ2) is 8.35. The predicted octanol–water partition coefficient (Wildman–Crippen LogP) is 4.21. The van der Waals surface area contributed by atoms with Crippen LogP contribution >= 0.6 is 0 Å². The van der Waals surface area contributed by atoms with E-state index in [0.29, 0.717) is 31.5 Å². The number of likely N-dealkylation sites (tertiary alicyclic amines) is 1. The first-order chi connectivity index (χ1) is 16.2. The van der Waals surface area contributed by atoms with E-state index in [1.165, 1.54) is 12.1 Å². The number of carbonyl (C=O) groups excluding carboxylic acids is 1. The van der Waals surface area contributed by atoms with Crippen LogP contribution in [0.25, 0.3) is 11.0 Å². The van der Waals surface area contributed by atoms with Crippen molar-refractivity contribution < 1.29 is 31.9 Å². The number of halogens is 3. The van der Waals surface area contributed by atoms with Crippen molar-refractivity contribution in [2.75, 3.05) is 13.1 Å². The van der Waals surface area contributed by atoms with Gasteiger partial charge in [-0.05, 0) is 38.0 Å². The molecule has 0 radical (unpaired) electrons. The van der Waals surface area contributed by atoms with E-state index in [2.05, 4.69) is 15.0 Å². The van der Waals surface area contributed by atoms with E-state index in [1.807, 2.05) is 6.92 Å². The van der Waals surface area contributed by atoms with Gasteiger partial charge in [-0.25, -0.2) is 4.39 Å². The van der Waals surface area contributed by atoms with Gasteiger partial charge in [-0.3, -0.25) is 14.5 Å². The van der Waals surface area contributed by atoms with Crippen LogP contribution in [0.5, 0.6) is 11.5 Å². The maximum atomic E-state index is 13.5. The van der Waals surface area contributed by atoms with Crippen molar-refractivity contribution in [3.63, 3.8) is 0 Å². The van der Waals surface area contributed by atoms with E-state index in [0.717, 1.165) is 18.2 Å². The number of benzene rings is 2. The Morgan fingerprint density at radius 3 is 2.68 bits per heavy atom. The van der Waals surface area contributed by atoms with Gasteiger partial charge in [-0.15, -0.1) is 8.78 Å². The van der Waals surface area contributed by atoms with Gasteiger partial charge >= 0.3 is 6.29 Å². The van der Waals surface area contributed by atoms with Crippen molar-refractivity contribution in [1.29, 1.82) is 0 Å². The minimum atomic E-state index is -3.68. The predicted molar refractivity (Wildman–Crippen MR) is 116 cm³/mol. The molecule has 1 N–H and O–H groups in total. The molecule has 1 saturated heterocycles. The molecule has 1 aromatic heterocycles. The Hall–Kier alpha value is -3.53. The fraction of sp³-hybridized carbons (Fsp3) is 0.333. The number of alkyl halides is 2. The Morgan fingerprint density at radius 2 is 1.91 bits per heavy atom. The van der Waals surface area contributed by atoms with Gasteiger partial charge in [0.1, 0.15) is 11.4 Å². The van der Waals surface area contributed by atoms with Crippen LogP contribution in [0.2, 0.25) is 0 Å². The van der Waals surface area contributed by atoms with Gasteiger partial charge in [0.15, 0.2) is 22.7 Å². The molecule has 3 heterocycles. The van der Waals surface area contributed by atoms with Crippen LogP contribution in [0.1, 0.15) is 41.9 Å². The van der Waals surface area contributed by atoms with E-state index >= 15 is 0 Å². The van der Waals surface area contributed by atoms with Crippen LogP contribution in [0.3, 0.4) is 0 Å². The number of nitrogens with zero attached hydrogens (tertiary/aromatic N) is 1. The molecule has 1 amide bonds. The van der Waals surface area contributed by atoms with E-state index in [-0.39, 0.29) is 40.3 Å². The van der Waals surface area contributed by atoms with E-state index in [4.69, 9.17) is 9.15 Å². The summed E-state index contributed by atoms with van der Waals surface area (Å²) in [4.78, 5) is 27.0. The number of hydrogen-bond acceptors (Lipinski definition) is 6. The standard InChI is InChI=1S/C24H21F3N2O5/c1-13(16-3-2-4-19-22(16)34-24(26,27)33-19)29-9-7-15(8-10-29)28-23(31)21-12-18(30)17-6-5-14(25)11-20(17)32-21/h2-6,11-13,15H,7-10H2,1H3,(H,28,31)/t13-/m1/s1. The lowest BCUT2D eigenvalue weighted by Gasteiger charge is -2.36. The molecule has 3 aromatic rings. The first-order valence-corrected chi connectivity index (χ1v) is 10.9. The summed E-state index contributed by atoms with van der Waals surface area (Å²) in [5, 5.41) is 3.05. The van der Waals surface area contributed by atoms with Gasteiger partial charge in [-0.1, -0.05) is 12.1 Å². The fourth-order valence-corrected chi connectivity index (χ4v) is 4.44. The summed E-state index contributed by atoms with van der Waals surface area (Å²) in [6.45, 7) is 3.09. The molecule has 0 spiro atoms. The maximum absolute atomic E-state index is 13.5. The molecular weight excluding hydrogens is 453 g/mol. The Balaban J connectivity index is 1.24. The fourth-order valence-electron chi connectivity index (χ4n) is 4.44. The van der Waals surface area contributed by atoms with Crippen molar-refractivity contribution in [1.82, 2.24) is 10.2 Å². The van der Waals surface area contributed by atoms with E-state index < -0.39 is 23.4 Å². The highest BCUT2D eigenvalue weighted by molar-refractivity contribution is 5.93. The van der Waals surface area contributed by atoms with E-state index in [1.54, 1.807) is 12.1 Å². The maximum Gasteiger partial charge on any atom is 0.586 e. The number of rotatable bonds is 4. The number of para-hydroxylation sites is 1. The molecule has 1 atom stereocenters. The van der Waals surface area contributed by atoms with Crippen LogP contribution < -0.4 is 20.2 Å². The first kappa shape index (κ1) is 22.3. The van der Waals surface area contributed by atoms with Gasteiger partial charge < -0.3 is 19.2 Å². The quantitative estimate of drug-likeness (QED) is 0.610. The second-order valence-electron chi connectivity index (χ2n) is 8.42. The van der Waals surface area contributed by atoms with Crippen LogP contribution in [0, 0.1) is 5.82 Å². The van der Waals surface area contributed by atoms with Gasteiger partial charge in [0, 0.05) is 42.9 Å². The van der Waals surface area contributed by atoms with Gasteiger partial charge in [0.25, 0.3) is 5.91 Å². The van der Waals surface area contributed by atoms with Crippen molar-refractivity contribution in [2.24, 2.45) is 0 Å². The highest BCUT2D eigenvalue weighted by Gasteiger charge is 2.45. The summed E-state index contributed by atoms with van der Waals surface area (Å²) >= 11 is 0. The van der Waals surface area contributed by atoms with E-state index in [9.17, 15) is 22.8 Å². The summed E-state index contributed by atoms with van der Waals surface area (Å²) in [6.07, 6.45) is -2.48. The number of ether oxygens (including phenoxy) is 2. The normalized spacial score (nSPS) is 18.7. The lowest BCUT2D eigenvalue weighted by atomic mass is 9.99. The van der Waals surface area contributed by atoms with Gasteiger partial charge in [-0.2, -0.15) is 0 Å². The Labute approximate surface area is 192 Å². The average molecular weight is 474 g/mol. The number of carbonyl (C=O) groups is 1. The number of fused-ring (bicyclic) bond motifs is 2. The number of piperidine rings is 1. The molecule has 2 aromatic carbocycles. The lowest BCUT2D eigenvalue weighted by molar-refractivity contribution is -0.287. The van der Waals surface area contributed by atoms with Crippen LogP contribution in [-0.2, 0) is 0 Å². The highest BCUT2D eigenvalue weighted by atomic mass is 19.3. The molecule has 178 valence electrons. The topological polar surface area (TPSA) is 81.0 Å². The highest BCUT2D eigenvalue weighted by Crippen LogP contribution is 2.46. The van der Waals surface area contributed by atoms with Crippen LogP contribution in [0.4, 0.5) is 13.2 Å². The Bertz CT molecular complexity index is 1320. The summed E-state index contributed by atoms with van der Waals surface area (Å²) in [5.41, 5.74) is 0.179. The third-order valence-electron chi connectivity index (χ3n) is 6.24. The number of nitrogens with one attached hydrogen (secondary N) is 1. The SMILES string of the molecule is C[C@H](c1cccc2c1OC(F)(F)O2)N1CCC(NC(=O)c2cc(=O)c3ccc(F)cc3o2)CC1. The molecule has 1 fully saturated rings. The smallest absolute Gasteiger partial charge is 0.451 e. The van der Waals surface area contributed by atoms with Crippen molar-refractivity contribution in [2.45, 2.75) is 38.1 Å². The summed E-state index contributed by atoms with van der Waals surface area (Å²) < 4.78 is 55.2. The largest absolute Gasteiger partial charge is 0.586 e. The molecule has 7 nitrogen and oxygen atoms in total. The summed E-state index contributed by atoms with van der Waals surface area (Å²) in [5.74, 6) is -1.26. The molecule has 34 heavy (non-hydrogen) atoms. The van der Waals surface area contributed by atoms with Crippen LogP contribution in [0.15, 0.2) is 51.7 Å². The zero-order valence-electron chi connectivity index (χ0n) is 18.1. The Kier molecular flexibility index (Phi) is 5.47. The molecule has 0 unspecified atom stereocenters. The van der Waals surface area contributed by atoms with Gasteiger partial charge in [0.05, 0.1) is 5.39 Å². The average Bonchev–Trinajstić information content (AvgIpc) is 3.12. The molecule has 0 saturated carbocycles. The zero-order valence-corrected chi connectivity index (χ0v) is 18.1. The lowest BCUT2D eigenvalue weighted by Crippen LogP contribution is -2.45.